The van der Waals surface area contributed by atoms with Crippen molar-refractivity contribution < 1.29 is 19.2 Å². The number of nitrogens with one attached hydrogen (secondary N) is 1. The molecular formula is C16H15N3O5. The number of amides is 1. The number of nitro groups is 1. The van der Waals surface area contributed by atoms with Crippen LogP contribution in [0.15, 0.2) is 47.6 Å². The van der Waals surface area contributed by atoms with Gasteiger partial charge in [-0.2, -0.15) is 5.10 Å². The summed E-state index contributed by atoms with van der Waals surface area (Å²) < 4.78 is 10.2. The number of nitro benzene ring substituents is 1. The summed E-state index contributed by atoms with van der Waals surface area (Å²) in [7, 11) is 2.97. The van der Waals surface area contributed by atoms with Gasteiger partial charge in [0, 0.05) is 18.2 Å². The number of rotatable bonds is 6. The molecule has 0 heterocycles. The van der Waals surface area contributed by atoms with Gasteiger partial charge in [0.1, 0.15) is 11.5 Å². The lowest BCUT2D eigenvalue weighted by atomic mass is 10.2. The number of carbonyl (C=O) groups excluding carboxylic acids is 1. The second kappa shape index (κ2) is 7.73. The van der Waals surface area contributed by atoms with Gasteiger partial charge in [0.05, 0.1) is 30.9 Å². The third-order valence-electron chi connectivity index (χ3n) is 3.14. The van der Waals surface area contributed by atoms with Crippen LogP contribution in [0.5, 0.6) is 11.5 Å². The molecule has 1 N–H and O–H groups in total. The number of carbonyl (C=O) groups is 1. The zero-order valence-electron chi connectivity index (χ0n) is 13.1. The van der Waals surface area contributed by atoms with E-state index in [0.717, 1.165) is 0 Å². The number of nitrogens with zero attached hydrogens (tertiary/aromatic N) is 2. The van der Waals surface area contributed by atoms with Crippen LogP contribution in [0.3, 0.4) is 0 Å². The third kappa shape index (κ3) is 4.07. The molecule has 2 aromatic carbocycles. The molecule has 0 bridgehead atoms. The topological polar surface area (TPSA) is 103 Å². The molecule has 2 rings (SSSR count). The summed E-state index contributed by atoms with van der Waals surface area (Å²) in [4.78, 5) is 22.2. The second-order valence-corrected chi connectivity index (χ2v) is 4.61. The number of ether oxygens (including phenoxy) is 2. The van der Waals surface area contributed by atoms with Gasteiger partial charge in [-0.1, -0.05) is 0 Å². The van der Waals surface area contributed by atoms with Gasteiger partial charge in [-0.05, 0) is 29.8 Å². The van der Waals surface area contributed by atoms with E-state index in [1.54, 1.807) is 18.2 Å². The Kier molecular flexibility index (Phi) is 5.45. The largest absolute Gasteiger partial charge is 0.497 e. The van der Waals surface area contributed by atoms with Crippen LogP contribution in [-0.4, -0.2) is 31.3 Å². The summed E-state index contributed by atoms with van der Waals surface area (Å²) in [5.41, 5.74) is 3.28. The fraction of sp³-hybridized carbons (Fsp3) is 0.125. The molecule has 1 amide bonds. The maximum Gasteiger partial charge on any atom is 0.275 e. The minimum Gasteiger partial charge on any atom is -0.497 e. The number of hydrogen-bond donors (Lipinski definition) is 1. The lowest BCUT2D eigenvalue weighted by Gasteiger charge is -2.08. The van der Waals surface area contributed by atoms with Crippen LogP contribution in [-0.2, 0) is 0 Å². The molecule has 0 aliphatic carbocycles. The average molecular weight is 329 g/mol. The van der Waals surface area contributed by atoms with Gasteiger partial charge in [-0.25, -0.2) is 5.43 Å². The zero-order valence-corrected chi connectivity index (χ0v) is 13.1. The van der Waals surface area contributed by atoms with Crippen molar-refractivity contribution in [3.8, 4) is 11.5 Å². The molecule has 0 saturated carbocycles. The fourth-order valence-electron chi connectivity index (χ4n) is 1.89. The third-order valence-corrected chi connectivity index (χ3v) is 3.14. The van der Waals surface area contributed by atoms with Gasteiger partial charge in [0.2, 0.25) is 0 Å². The first-order valence-corrected chi connectivity index (χ1v) is 6.85. The molecule has 0 saturated heterocycles. The highest BCUT2D eigenvalue weighted by atomic mass is 16.6. The Morgan fingerprint density at radius 1 is 1.17 bits per heavy atom. The molecular weight excluding hydrogens is 314 g/mol. The van der Waals surface area contributed by atoms with E-state index in [9.17, 15) is 14.9 Å². The van der Waals surface area contributed by atoms with Crippen molar-refractivity contribution in [1.29, 1.82) is 0 Å². The molecule has 24 heavy (non-hydrogen) atoms. The van der Waals surface area contributed by atoms with Crippen molar-refractivity contribution in [2.24, 2.45) is 5.10 Å². The number of hydrogen-bond acceptors (Lipinski definition) is 6. The van der Waals surface area contributed by atoms with Crippen LogP contribution in [0.2, 0.25) is 0 Å². The summed E-state index contributed by atoms with van der Waals surface area (Å²) >= 11 is 0. The summed E-state index contributed by atoms with van der Waals surface area (Å²) in [6.07, 6.45) is 1.39. The Bertz CT molecular complexity index is 772. The summed E-state index contributed by atoms with van der Waals surface area (Å²) in [6.45, 7) is 0. The molecule has 0 unspecified atom stereocenters. The zero-order chi connectivity index (χ0) is 17.5. The molecule has 0 fully saturated rings. The Labute approximate surface area is 137 Å². The molecule has 8 heteroatoms. The maximum atomic E-state index is 12.1. The van der Waals surface area contributed by atoms with Crippen LogP contribution >= 0.6 is 0 Å². The highest BCUT2D eigenvalue weighted by molar-refractivity contribution is 5.97. The molecule has 0 spiro atoms. The number of hydrazone groups is 1. The first-order valence-electron chi connectivity index (χ1n) is 6.85. The van der Waals surface area contributed by atoms with Crippen LogP contribution in [0, 0.1) is 10.1 Å². The van der Waals surface area contributed by atoms with E-state index in [2.05, 4.69) is 10.5 Å². The fourth-order valence-corrected chi connectivity index (χ4v) is 1.89. The highest BCUT2D eigenvalue weighted by Crippen LogP contribution is 2.24. The second-order valence-electron chi connectivity index (χ2n) is 4.61. The minimum absolute atomic E-state index is 0.0147. The van der Waals surface area contributed by atoms with E-state index in [4.69, 9.17) is 9.47 Å². The van der Waals surface area contributed by atoms with Crippen molar-refractivity contribution in [3.63, 3.8) is 0 Å². The van der Waals surface area contributed by atoms with Crippen molar-refractivity contribution in [3.05, 3.63) is 63.7 Å². The van der Waals surface area contributed by atoms with Crippen molar-refractivity contribution >= 4 is 17.8 Å². The summed E-state index contributed by atoms with van der Waals surface area (Å²) in [5, 5.41) is 14.4. The molecule has 0 aromatic heterocycles. The standard InChI is InChI=1S/C16H15N3O5/c1-23-13-7-8-14(15(9-13)24-2)16(20)18-17-10-11-3-5-12(6-4-11)19(21)22/h3-10H,1-2H3,(H,18,20). The van der Waals surface area contributed by atoms with E-state index in [1.165, 1.54) is 44.7 Å². The number of methoxy groups -OCH3 is 2. The molecule has 2 aromatic rings. The van der Waals surface area contributed by atoms with Crippen molar-refractivity contribution in [1.82, 2.24) is 5.43 Å². The molecule has 0 radical (unpaired) electrons. The van der Waals surface area contributed by atoms with Crippen LogP contribution in [0.4, 0.5) is 5.69 Å². The van der Waals surface area contributed by atoms with Gasteiger partial charge >= 0.3 is 0 Å². The Balaban J connectivity index is 2.06. The molecule has 0 aliphatic rings. The summed E-state index contributed by atoms with van der Waals surface area (Å²) in [6, 6.07) is 10.6. The predicted molar refractivity (Wildman–Crippen MR) is 87.7 cm³/mol. The molecule has 8 nitrogen and oxygen atoms in total. The Hall–Kier alpha value is -3.42. The minimum atomic E-state index is -0.487. The van der Waals surface area contributed by atoms with Crippen molar-refractivity contribution in [2.45, 2.75) is 0 Å². The maximum absolute atomic E-state index is 12.1. The van der Waals surface area contributed by atoms with Gasteiger partial charge < -0.3 is 9.47 Å². The number of non-ortho nitro benzene ring substituents is 1. The predicted octanol–water partition coefficient (Wildman–Crippen LogP) is 2.38. The normalized spacial score (nSPS) is 10.4. The van der Waals surface area contributed by atoms with E-state index < -0.39 is 10.8 Å². The van der Waals surface area contributed by atoms with Crippen LogP contribution in [0.1, 0.15) is 15.9 Å². The first kappa shape index (κ1) is 16.9. The quantitative estimate of drug-likeness (QED) is 0.498. The number of benzene rings is 2. The summed E-state index contributed by atoms with van der Waals surface area (Å²) in [5.74, 6) is 0.475. The average Bonchev–Trinajstić information content (AvgIpc) is 2.61. The van der Waals surface area contributed by atoms with E-state index in [1.807, 2.05) is 0 Å². The Morgan fingerprint density at radius 2 is 1.88 bits per heavy atom. The van der Waals surface area contributed by atoms with Crippen LogP contribution in [0.25, 0.3) is 0 Å². The van der Waals surface area contributed by atoms with Gasteiger partial charge in [0.15, 0.2) is 0 Å². The molecule has 0 atom stereocenters. The lowest BCUT2D eigenvalue weighted by molar-refractivity contribution is -0.384. The van der Waals surface area contributed by atoms with Gasteiger partial charge in [0.25, 0.3) is 11.6 Å². The Morgan fingerprint density at radius 3 is 2.46 bits per heavy atom. The molecule has 0 aliphatic heterocycles. The van der Waals surface area contributed by atoms with Gasteiger partial charge in [-0.3, -0.25) is 14.9 Å². The van der Waals surface area contributed by atoms with Crippen molar-refractivity contribution in [2.75, 3.05) is 14.2 Å². The lowest BCUT2D eigenvalue weighted by Crippen LogP contribution is -2.18. The highest BCUT2D eigenvalue weighted by Gasteiger charge is 2.12. The monoisotopic (exact) mass is 329 g/mol. The first-order chi connectivity index (χ1) is 11.5. The SMILES string of the molecule is COc1ccc(C(=O)NN=Cc2ccc([N+](=O)[O-])cc2)c(OC)c1. The van der Waals surface area contributed by atoms with Crippen LogP contribution < -0.4 is 14.9 Å². The van der Waals surface area contributed by atoms with Gasteiger partial charge in [-0.15, -0.1) is 0 Å². The smallest absolute Gasteiger partial charge is 0.275 e. The van der Waals surface area contributed by atoms with E-state index in [-0.39, 0.29) is 5.69 Å². The van der Waals surface area contributed by atoms with E-state index in [0.29, 0.717) is 22.6 Å². The molecule has 124 valence electrons. The van der Waals surface area contributed by atoms with E-state index >= 15 is 0 Å².